The molecule has 7 heteroatoms. The standard InChI is InChI=1S/C18H22N4O3/c1-21(10-15-9-18(24)22-17(20-15)7-8-19-22)11-16(23)13-25-12-14-5-3-2-4-6-14/h2-9,16,19,23H,10-13H2,1H3/t16-/m0/s1. The van der Waals surface area contributed by atoms with Crippen LogP contribution < -0.4 is 5.56 Å². The second-order valence-electron chi connectivity index (χ2n) is 6.09. The molecule has 3 aromatic rings. The average Bonchev–Trinajstić information content (AvgIpc) is 3.04. The Morgan fingerprint density at radius 2 is 2.12 bits per heavy atom. The van der Waals surface area contributed by atoms with Gasteiger partial charge in [0.1, 0.15) is 0 Å². The molecular weight excluding hydrogens is 320 g/mol. The summed E-state index contributed by atoms with van der Waals surface area (Å²) in [5, 5.41) is 12.9. The fourth-order valence-corrected chi connectivity index (χ4v) is 2.70. The zero-order valence-electron chi connectivity index (χ0n) is 14.1. The second-order valence-corrected chi connectivity index (χ2v) is 6.09. The molecule has 0 fully saturated rings. The van der Waals surface area contributed by atoms with Crippen molar-refractivity contribution in [3.63, 3.8) is 0 Å². The number of aromatic amines is 1. The predicted octanol–water partition coefficient (Wildman–Crippen LogP) is 1.03. The number of ether oxygens (including phenoxy) is 1. The summed E-state index contributed by atoms with van der Waals surface area (Å²) in [5.41, 5.74) is 2.19. The molecule has 2 N–H and O–H groups in total. The van der Waals surface area contributed by atoms with E-state index in [9.17, 15) is 9.90 Å². The van der Waals surface area contributed by atoms with Gasteiger partial charge in [0.05, 0.1) is 25.0 Å². The van der Waals surface area contributed by atoms with Crippen molar-refractivity contribution in [3.8, 4) is 0 Å². The molecule has 0 amide bonds. The smallest absolute Gasteiger partial charge is 0.272 e. The van der Waals surface area contributed by atoms with Gasteiger partial charge in [0.25, 0.3) is 5.56 Å². The summed E-state index contributed by atoms with van der Waals surface area (Å²) >= 11 is 0. The summed E-state index contributed by atoms with van der Waals surface area (Å²) in [6.45, 7) is 1.64. The van der Waals surface area contributed by atoms with Crippen molar-refractivity contribution in [1.29, 1.82) is 0 Å². The number of nitrogens with one attached hydrogen (secondary N) is 1. The second kappa shape index (κ2) is 8.06. The monoisotopic (exact) mass is 342 g/mol. The lowest BCUT2D eigenvalue weighted by Crippen LogP contribution is -2.32. The van der Waals surface area contributed by atoms with Gasteiger partial charge in [-0.15, -0.1) is 0 Å². The van der Waals surface area contributed by atoms with E-state index in [1.807, 2.05) is 42.3 Å². The van der Waals surface area contributed by atoms with E-state index in [4.69, 9.17) is 4.74 Å². The lowest BCUT2D eigenvalue weighted by atomic mass is 10.2. The molecule has 0 aliphatic rings. The Bertz CT molecular complexity index is 859. The molecule has 25 heavy (non-hydrogen) atoms. The van der Waals surface area contributed by atoms with Crippen LogP contribution in [-0.4, -0.2) is 50.9 Å². The van der Waals surface area contributed by atoms with Crippen LogP contribution in [0.4, 0.5) is 0 Å². The van der Waals surface area contributed by atoms with Crippen LogP contribution in [-0.2, 0) is 17.9 Å². The molecule has 1 aromatic carbocycles. The van der Waals surface area contributed by atoms with E-state index in [1.54, 1.807) is 12.3 Å². The van der Waals surface area contributed by atoms with E-state index in [2.05, 4.69) is 10.1 Å². The Morgan fingerprint density at radius 1 is 1.32 bits per heavy atom. The molecule has 0 saturated carbocycles. The molecule has 0 bridgehead atoms. The Labute approximate surface area is 145 Å². The third-order valence-corrected chi connectivity index (χ3v) is 3.81. The van der Waals surface area contributed by atoms with Gasteiger partial charge in [-0.3, -0.25) is 14.8 Å². The zero-order valence-corrected chi connectivity index (χ0v) is 14.1. The van der Waals surface area contributed by atoms with Crippen LogP contribution >= 0.6 is 0 Å². The number of H-pyrrole nitrogens is 1. The van der Waals surface area contributed by atoms with Crippen LogP contribution in [0.3, 0.4) is 0 Å². The summed E-state index contributed by atoms with van der Waals surface area (Å²) in [7, 11) is 1.88. The first-order chi connectivity index (χ1) is 12.1. The fraction of sp³-hybridized carbons (Fsp3) is 0.333. The lowest BCUT2D eigenvalue weighted by molar-refractivity contribution is 0.0126. The third kappa shape index (κ3) is 4.76. The van der Waals surface area contributed by atoms with Gasteiger partial charge in [-0.1, -0.05) is 30.3 Å². The van der Waals surface area contributed by atoms with Gasteiger partial charge in [0.15, 0.2) is 5.65 Å². The van der Waals surface area contributed by atoms with Crippen molar-refractivity contribution in [1.82, 2.24) is 19.5 Å². The van der Waals surface area contributed by atoms with Crippen molar-refractivity contribution in [2.45, 2.75) is 19.3 Å². The quantitative estimate of drug-likeness (QED) is 0.639. The number of aliphatic hydroxyl groups excluding tert-OH is 1. The molecular formula is C18H22N4O3. The summed E-state index contributed by atoms with van der Waals surface area (Å²) in [6.07, 6.45) is 1.07. The summed E-state index contributed by atoms with van der Waals surface area (Å²) in [6, 6.07) is 13.1. The van der Waals surface area contributed by atoms with Crippen molar-refractivity contribution < 1.29 is 9.84 Å². The molecule has 0 unspecified atom stereocenters. The largest absolute Gasteiger partial charge is 0.389 e. The highest BCUT2D eigenvalue weighted by molar-refractivity contribution is 5.36. The van der Waals surface area contributed by atoms with Gasteiger partial charge < -0.3 is 9.84 Å². The number of hydrogen-bond donors (Lipinski definition) is 2. The van der Waals surface area contributed by atoms with E-state index in [0.717, 1.165) is 5.56 Å². The molecule has 0 aliphatic heterocycles. The molecule has 7 nitrogen and oxygen atoms in total. The highest BCUT2D eigenvalue weighted by atomic mass is 16.5. The SMILES string of the molecule is CN(Cc1cc(=O)n2[nH]ccc2n1)C[C@H](O)COCc1ccccc1. The predicted molar refractivity (Wildman–Crippen MR) is 94.3 cm³/mol. The van der Waals surface area contributed by atoms with E-state index >= 15 is 0 Å². The van der Waals surface area contributed by atoms with Gasteiger partial charge in [0.2, 0.25) is 0 Å². The van der Waals surface area contributed by atoms with Crippen molar-refractivity contribution in [2.24, 2.45) is 0 Å². The molecule has 1 atom stereocenters. The van der Waals surface area contributed by atoms with Gasteiger partial charge in [-0.05, 0) is 12.6 Å². The number of aliphatic hydroxyl groups is 1. The van der Waals surface area contributed by atoms with E-state index < -0.39 is 6.10 Å². The molecule has 0 aliphatic carbocycles. The van der Waals surface area contributed by atoms with Gasteiger partial charge >= 0.3 is 0 Å². The molecule has 0 spiro atoms. The normalized spacial score (nSPS) is 12.8. The topological polar surface area (TPSA) is 82.9 Å². The minimum Gasteiger partial charge on any atom is -0.389 e. The van der Waals surface area contributed by atoms with Crippen molar-refractivity contribution in [2.75, 3.05) is 20.2 Å². The Balaban J connectivity index is 1.47. The maximum absolute atomic E-state index is 11.9. The van der Waals surface area contributed by atoms with E-state index in [-0.39, 0.29) is 12.2 Å². The number of hydrogen-bond acceptors (Lipinski definition) is 5. The number of fused-ring (bicyclic) bond motifs is 1. The Kier molecular flexibility index (Phi) is 5.60. The van der Waals surface area contributed by atoms with Crippen LogP contribution in [0.5, 0.6) is 0 Å². The van der Waals surface area contributed by atoms with Crippen LogP contribution in [0.1, 0.15) is 11.3 Å². The molecule has 0 radical (unpaired) electrons. The summed E-state index contributed by atoms with van der Waals surface area (Å²) in [5.74, 6) is 0. The first-order valence-electron chi connectivity index (χ1n) is 8.16. The number of aromatic nitrogens is 3. The highest BCUT2D eigenvalue weighted by Crippen LogP contribution is 2.04. The first-order valence-corrected chi connectivity index (χ1v) is 8.16. The van der Waals surface area contributed by atoms with Crippen LogP contribution in [0.15, 0.2) is 53.5 Å². The number of benzene rings is 1. The fourth-order valence-electron chi connectivity index (χ4n) is 2.70. The summed E-state index contributed by atoms with van der Waals surface area (Å²) in [4.78, 5) is 18.3. The molecule has 0 saturated heterocycles. The van der Waals surface area contributed by atoms with Gasteiger partial charge in [-0.2, -0.15) is 0 Å². The van der Waals surface area contributed by atoms with Crippen molar-refractivity contribution in [3.05, 3.63) is 70.3 Å². The first kappa shape index (κ1) is 17.3. The van der Waals surface area contributed by atoms with Crippen molar-refractivity contribution >= 4 is 5.65 Å². The van der Waals surface area contributed by atoms with Gasteiger partial charge in [-0.25, -0.2) is 9.50 Å². The lowest BCUT2D eigenvalue weighted by Gasteiger charge is -2.20. The summed E-state index contributed by atoms with van der Waals surface area (Å²) < 4.78 is 6.93. The zero-order chi connectivity index (χ0) is 17.6. The maximum Gasteiger partial charge on any atom is 0.272 e. The molecule has 2 aromatic heterocycles. The molecule has 132 valence electrons. The minimum atomic E-state index is -0.606. The molecule has 3 rings (SSSR count). The average molecular weight is 342 g/mol. The van der Waals surface area contributed by atoms with E-state index in [0.29, 0.717) is 31.0 Å². The molecule has 2 heterocycles. The maximum atomic E-state index is 11.9. The number of rotatable bonds is 8. The van der Waals surface area contributed by atoms with Crippen LogP contribution in [0, 0.1) is 0 Å². The van der Waals surface area contributed by atoms with Crippen LogP contribution in [0.2, 0.25) is 0 Å². The highest BCUT2D eigenvalue weighted by Gasteiger charge is 2.11. The van der Waals surface area contributed by atoms with E-state index in [1.165, 1.54) is 10.6 Å². The third-order valence-electron chi connectivity index (χ3n) is 3.81. The number of likely N-dealkylation sites (N-methyl/N-ethyl adjacent to an activating group) is 1. The van der Waals surface area contributed by atoms with Crippen LogP contribution in [0.25, 0.3) is 5.65 Å². The van der Waals surface area contributed by atoms with Gasteiger partial charge in [0, 0.05) is 31.4 Å². The Hall–Kier alpha value is -2.48. The minimum absolute atomic E-state index is 0.148. The Morgan fingerprint density at radius 3 is 2.92 bits per heavy atom. The number of nitrogens with zero attached hydrogens (tertiary/aromatic N) is 3.